The van der Waals surface area contributed by atoms with Crippen molar-refractivity contribution in [2.75, 3.05) is 26.3 Å². The van der Waals surface area contributed by atoms with E-state index in [-0.39, 0.29) is 43.3 Å². The number of fused-ring (bicyclic) bond motifs is 7. The van der Waals surface area contributed by atoms with Crippen LogP contribution in [0.3, 0.4) is 0 Å². The lowest BCUT2D eigenvalue weighted by Crippen LogP contribution is -2.45. The van der Waals surface area contributed by atoms with Gasteiger partial charge in [-0.25, -0.2) is 4.39 Å². The second kappa shape index (κ2) is 11.6. The average molecular weight is 576 g/mol. The number of phenolic OH excluding ortho intramolecular Hbond substituents is 1. The highest BCUT2D eigenvalue weighted by atomic mass is 19.1. The maximum atomic E-state index is 14.0. The van der Waals surface area contributed by atoms with Gasteiger partial charge in [0.25, 0.3) is 17.7 Å². The third-order valence-corrected chi connectivity index (χ3v) is 7.46. The zero-order valence-electron chi connectivity index (χ0n) is 22.7. The predicted molar refractivity (Wildman–Crippen MR) is 148 cm³/mol. The molecule has 0 unspecified atom stereocenters. The van der Waals surface area contributed by atoms with E-state index in [1.165, 1.54) is 17.0 Å². The lowest BCUT2D eigenvalue weighted by Gasteiger charge is -2.21. The zero-order valence-corrected chi connectivity index (χ0v) is 22.7. The molecule has 0 aromatic heterocycles. The first-order chi connectivity index (χ1) is 20.3. The summed E-state index contributed by atoms with van der Waals surface area (Å²) < 4.78 is 31.9. The van der Waals surface area contributed by atoms with Crippen molar-refractivity contribution in [1.82, 2.24) is 15.5 Å². The van der Waals surface area contributed by atoms with Crippen LogP contribution >= 0.6 is 0 Å². The van der Waals surface area contributed by atoms with Gasteiger partial charge in [0.1, 0.15) is 23.4 Å². The van der Waals surface area contributed by atoms with Crippen LogP contribution in [0.2, 0.25) is 0 Å². The molecule has 42 heavy (non-hydrogen) atoms. The van der Waals surface area contributed by atoms with Gasteiger partial charge >= 0.3 is 0 Å². The number of hydrogen-bond acceptors (Lipinski definition) is 7. The highest BCUT2D eigenvalue weighted by Gasteiger charge is 2.38. The summed E-state index contributed by atoms with van der Waals surface area (Å²) in [6, 6.07) is 14.8. The Morgan fingerprint density at radius 3 is 2.60 bits per heavy atom. The molecule has 218 valence electrons. The Kier molecular flexibility index (Phi) is 7.56. The van der Waals surface area contributed by atoms with Gasteiger partial charge in [-0.15, -0.1) is 0 Å². The molecule has 11 heteroatoms. The van der Waals surface area contributed by atoms with Gasteiger partial charge < -0.3 is 34.9 Å². The van der Waals surface area contributed by atoms with Crippen molar-refractivity contribution >= 4 is 17.7 Å². The van der Waals surface area contributed by atoms with Gasteiger partial charge in [-0.05, 0) is 66.8 Å². The molecule has 1 saturated heterocycles. The minimum absolute atomic E-state index is 0.0687. The number of carbonyl (C=O) groups excluding carboxylic acids is 3. The number of hydrogen-bond donors (Lipinski definition) is 3. The molecule has 1 saturated carbocycles. The maximum Gasteiger partial charge on any atom is 0.258 e. The Labute approximate surface area is 241 Å². The quantitative estimate of drug-likeness (QED) is 0.437. The number of likely N-dealkylation sites (tertiary alicyclic amines) is 1. The number of nitrogens with zero attached hydrogens (tertiary/aromatic N) is 1. The molecule has 2 atom stereocenters. The fraction of sp³-hybridized carbons (Fsp3) is 0.323. The molecule has 0 spiro atoms. The van der Waals surface area contributed by atoms with Crippen LogP contribution in [0.15, 0.2) is 60.7 Å². The van der Waals surface area contributed by atoms with Gasteiger partial charge in [0.15, 0.2) is 18.2 Å². The Morgan fingerprint density at radius 2 is 1.83 bits per heavy atom. The SMILES string of the molecule is O=C1COc2cc(OCC3CC3)cc(c2)C(=O)N[C@H]2CN(C(=O)c3ccc(O)c(F)c3)C[C@@H]2Oc2ccc(cc2)CN1. The van der Waals surface area contributed by atoms with Crippen molar-refractivity contribution in [2.45, 2.75) is 31.5 Å². The van der Waals surface area contributed by atoms with Gasteiger partial charge in [0.05, 0.1) is 19.2 Å². The zero-order chi connectivity index (χ0) is 29.2. The van der Waals surface area contributed by atoms with Crippen LogP contribution in [0.5, 0.6) is 23.0 Å². The van der Waals surface area contributed by atoms with Crippen LogP contribution < -0.4 is 24.8 Å². The summed E-state index contributed by atoms with van der Waals surface area (Å²) in [6.45, 7) is 0.803. The molecule has 3 heterocycles. The number of phenols is 1. The largest absolute Gasteiger partial charge is 0.505 e. The van der Waals surface area contributed by atoms with E-state index < -0.39 is 35.5 Å². The molecule has 3 aliphatic heterocycles. The lowest BCUT2D eigenvalue weighted by molar-refractivity contribution is -0.123. The van der Waals surface area contributed by atoms with E-state index in [1.54, 1.807) is 24.3 Å². The van der Waals surface area contributed by atoms with Crippen LogP contribution in [0.1, 0.15) is 39.1 Å². The molecule has 7 rings (SSSR count). The first-order valence-corrected chi connectivity index (χ1v) is 13.8. The van der Waals surface area contributed by atoms with Crippen LogP contribution in [-0.2, 0) is 11.3 Å². The number of amides is 3. The number of ether oxygens (including phenoxy) is 3. The summed E-state index contributed by atoms with van der Waals surface area (Å²) in [6.07, 6.45) is 1.58. The van der Waals surface area contributed by atoms with E-state index >= 15 is 0 Å². The van der Waals surface area contributed by atoms with E-state index in [0.717, 1.165) is 30.5 Å². The first kappa shape index (κ1) is 27.4. The van der Waals surface area contributed by atoms with Gasteiger partial charge in [-0.1, -0.05) is 12.1 Å². The second-order valence-electron chi connectivity index (χ2n) is 10.8. The van der Waals surface area contributed by atoms with Gasteiger partial charge in [0.2, 0.25) is 0 Å². The molecular weight excluding hydrogens is 545 g/mol. The van der Waals surface area contributed by atoms with Gasteiger partial charge in [0, 0.05) is 30.3 Å². The Morgan fingerprint density at radius 1 is 1.02 bits per heavy atom. The number of carbonyl (C=O) groups is 3. The number of aromatic hydroxyl groups is 1. The van der Waals surface area contributed by atoms with E-state index in [0.29, 0.717) is 29.8 Å². The van der Waals surface area contributed by atoms with Crippen molar-refractivity contribution < 1.29 is 38.1 Å². The average Bonchev–Trinajstić information content (AvgIpc) is 3.75. The van der Waals surface area contributed by atoms with Crippen molar-refractivity contribution in [3.8, 4) is 23.0 Å². The maximum absolute atomic E-state index is 14.0. The highest BCUT2D eigenvalue weighted by Crippen LogP contribution is 2.31. The second-order valence-corrected chi connectivity index (χ2v) is 10.8. The lowest BCUT2D eigenvalue weighted by atomic mass is 10.1. The Balaban J connectivity index is 1.29. The fourth-order valence-electron chi connectivity index (χ4n) is 4.90. The molecule has 4 bridgehead atoms. The van der Waals surface area contributed by atoms with E-state index in [4.69, 9.17) is 14.2 Å². The molecule has 0 radical (unpaired) electrons. The molecule has 3 aromatic carbocycles. The summed E-state index contributed by atoms with van der Waals surface area (Å²) >= 11 is 0. The summed E-state index contributed by atoms with van der Waals surface area (Å²) in [5.41, 5.74) is 1.18. The highest BCUT2D eigenvalue weighted by molar-refractivity contribution is 5.96. The molecule has 3 aromatic rings. The van der Waals surface area contributed by atoms with Crippen molar-refractivity contribution in [3.05, 3.63) is 83.2 Å². The molecular formula is C31H30FN3O7. The molecule has 2 fully saturated rings. The van der Waals surface area contributed by atoms with Gasteiger partial charge in [-0.3, -0.25) is 14.4 Å². The number of benzene rings is 3. The van der Waals surface area contributed by atoms with Crippen molar-refractivity contribution in [2.24, 2.45) is 5.92 Å². The van der Waals surface area contributed by atoms with E-state index in [2.05, 4.69) is 10.6 Å². The predicted octanol–water partition coefficient (Wildman–Crippen LogP) is 3.03. The molecule has 3 amide bonds. The van der Waals surface area contributed by atoms with Crippen LogP contribution in [0.25, 0.3) is 0 Å². The normalized spacial score (nSPS) is 20.5. The van der Waals surface area contributed by atoms with Gasteiger partial charge in [-0.2, -0.15) is 0 Å². The topological polar surface area (TPSA) is 126 Å². The molecule has 4 aliphatic rings. The van der Waals surface area contributed by atoms with Crippen LogP contribution in [-0.4, -0.2) is 66.2 Å². The van der Waals surface area contributed by atoms with Crippen molar-refractivity contribution in [1.29, 1.82) is 0 Å². The summed E-state index contributed by atoms with van der Waals surface area (Å²) in [4.78, 5) is 40.7. The molecule has 10 nitrogen and oxygen atoms in total. The number of nitrogens with one attached hydrogen (secondary N) is 2. The molecule has 3 N–H and O–H groups in total. The Bertz CT molecular complexity index is 1510. The fourth-order valence-corrected chi connectivity index (χ4v) is 4.90. The monoisotopic (exact) mass is 575 g/mol. The third kappa shape index (κ3) is 6.40. The summed E-state index contributed by atoms with van der Waals surface area (Å²) in [5, 5.41) is 15.3. The smallest absolute Gasteiger partial charge is 0.258 e. The Hall–Kier alpha value is -4.80. The standard InChI is InChI=1S/C31H30FN3O7/c32-25-11-20(5-8-27(25)36)31(39)35-14-26-28(15-35)42-22-6-3-18(4-7-22)13-33-29(37)17-41-24-10-21(30(38)34-26)9-23(12-24)40-16-19-1-2-19/h3-12,19,26,28,36H,1-2,13-17H2,(H,33,37)(H,34,38)/t26-,28-/m0/s1. The van der Waals surface area contributed by atoms with E-state index in [9.17, 15) is 23.9 Å². The van der Waals surface area contributed by atoms with E-state index in [1.807, 2.05) is 12.1 Å². The minimum atomic E-state index is -0.899. The number of halogens is 1. The first-order valence-electron chi connectivity index (χ1n) is 13.8. The van der Waals surface area contributed by atoms with Crippen LogP contribution in [0, 0.1) is 11.7 Å². The summed E-state index contributed by atoms with van der Waals surface area (Å²) in [5.74, 6) is -0.900. The molecule has 1 aliphatic carbocycles. The third-order valence-electron chi connectivity index (χ3n) is 7.46. The summed E-state index contributed by atoms with van der Waals surface area (Å²) in [7, 11) is 0. The minimum Gasteiger partial charge on any atom is -0.505 e. The van der Waals surface area contributed by atoms with Crippen LogP contribution in [0.4, 0.5) is 4.39 Å². The van der Waals surface area contributed by atoms with Crippen molar-refractivity contribution in [3.63, 3.8) is 0 Å². The number of rotatable bonds is 4.